The van der Waals surface area contributed by atoms with E-state index in [0.29, 0.717) is 18.1 Å². The van der Waals surface area contributed by atoms with Gasteiger partial charge < -0.3 is 9.64 Å². The summed E-state index contributed by atoms with van der Waals surface area (Å²) in [5.41, 5.74) is 4.24. The third-order valence-corrected chi connectivity index (χ3v) is 10.2. The molecule has 1 amide bonds. The average Bonchev–Trinajstić information content (AvgIpc) is 3.30. The second-order valence-corrected chi connectivity index (χ2v) is 13.7. The predicted molar refractivity (Wildman–Crippen MR) is 193 cm³/mol. The third-order valence-electron chi connectivity index (χ3n) is 7.57. The first kappa shape index (κ1) is 29.5. The Morgan fingerprint density at radius 2 is 1.64 bits per heavy atom. The van der Waals surface area contributed by atoms with E-state index >= 15 is 0 Å². The fourth-order valence-electron chi connectivity index (χ4n) is 5.39. The molecule has 4 aromatic carbocycles. The number of rotatable bonds is 7. The molecule has 6 rings (SSSR count). The van der Waals surface area contributed by atoms with Gasteiger partial charge in [0.2, 0.25) is 0 Å². The van der Waals surface area contributed by atoms with E-state index in [9.17, 15) is 4.79 Å². The minimum absolute atomic E-state index is 0.00696. The largest absolute Gasteiger partial charge is 0.487 e. The Labute approximate surface area is 278 Å². The van der Waals surface area contributed by atoms with Crippen LogP contribution < -0.4 is 9.64 Å². The van der Waals surface area contributed by atoms with E-state index in [2.05, 4.69) is 129 Å². The number of fused-ring (bicyclic) bond motifs is 1. The van der Waals surface area contributed by atoms with Crippen molar-refractivity contribution in [2.24, 2.45) is 4.99 Å². The smallest absolute Gasteiger partial charge is 0.266 e. The third kappa shape index (κ3) is 6.50. The monoisotopic (exact) mass is 799 g/mol. The molecule has 0 radical (unpaired) electrons. The van der Waals surface area contributed by atoms with E-state index in [-0.39, 0.29) is 5.91 Å². The first-order valence-electron chi connectivity index (χ1n) is 14.2. The van der Waals surface area contributed by atoms with Crippen molar-refractivity contribution in [3.63, 3.8) is 0 Å². The highest BCUT2D eigenvalue weighted by atomic mass is 127. The summed E-state index contributed by atoms with van der Waals surface area (Å²) in [5.74, 6) is 0.856. The van der Waals surface area contributed by atoms with Gasteiger partial charge in [0, 0.05) is 25.3 Å². The molecule has 2 heterocycles. The Morgan fingerprint density at radius 1 is 0.929 bits per heavy atom. The molecule has 8 heteroatoms. The van der Waals surface area contributed by atoms with Crippen molar-refractivity contribution >= 4 is 96.2 Å². The second kappa shape index (κ2) is 13.4. The lowest BCUT2D eigenvalue weighted by Gasteiger charge is -2.28. The van der Waals surface area contributed by atoms with Crippen molar-refractivity contribution in [3.05, 3.63) is 102 Å². The lowest BCUT2D eigenvalue weighted by Crippen LogP contribution is -2.29. The number of amidine groups is 1. The van der Waals surface area contributed by atoms with Crippen LogP contribution in [0, 0.1) is 7.14 Å². The lowest BCUT2D eigenvalue weighted by molar-refractivity contribution is -0.122. The number of thioether (sulfide) groups is 1. The molecular formula is C34H31I2N3O2S. The quantitative estimate of drug-likeness (QED) is 0.138. The number of nitrogens with zero attached hydrogens (tertiary/aromatic N) is 3. The van der Waals surface area contributed by atoms with Crippen molar-refractivity contribution in [1.82, 2.24) is 4.90 Å². The van der Waals surface area contributed by atoms with Crippen LogP contribution in [0.2, 0.25) is 0 Å². The molecule has 0 N–H and O–H groups in total. The number of carbonyl (C=O) groups is 1. The Bertz CT molecular complexity index is 1650. The van der Waals surface area contributed by atoms with Crippen LogP contribution in [0.15, 0.2) is 88.8 Å². The molecule has 4 aromatic rings. The number of amides is 1. The SMILES string of the molecule is CCN1C(=O)/C(=C/c2cc(I)c(OCc3cccc4ccccc34)c(I)c2)SC1=Nc1ccc(N2CCCCC2)cc1. The molecular weight excluding hydrogens is 768 g/mol. The van der Waals surface area contributed by atoms with Gasteiger partial charge in [-0.25, -0.2) is 4.99 Å². The Morgan fingerprint density at radius 3 is 2.38 bits per heavy atom. The molecule has 0 aliphatic carbocycles. The van der Waals surface area contributed by atoms with Crippen LogP contribution in [-0.2, 0) is 11.4 Å². The lowest BCUT2D eigenvalue weighted by atomic mass is 10.1. The van der Waals surface area contributed by atoms with Crippen LogP contribution in [0.1, 0.15) is 37.3 Å². The second-order valence-electron chi connectivity index (χ2n) is 10.4. The van der Waals surface area contributed by atoms with Crippen molar-refractivity contribution in [3.8, 4) is 5.75 Å². The van der Waals surface area contributed by atoms with E-state index in [4.69, 9.17) is 9.73 Å². The Balaban J connectivity index is 1.19. The number of likely N-dealkylation sites (N-methyl/N-ethyl adjacent to an activating group) is 1. The molecule has 214 valence electrons. The first-order chi connectivity index (χ1) is 20.5. The number of hydrogen-bond donors (Lipinski definition) is 0. The highest BCUT2D eigenvalue weighted by Crippen LogP contribution is 2.36. The number of piperidine rings is 1. The van der Waals surface area contributed by atoms with E-state index in [0.717, 1.165) is 48.0 Å². The molecule has 0 saturated carbocycles. The molecule has 0 atom stereocenters. The summed E-state index contributed by atoms with van der Waals surface area (Å²) >= 11 is 6.09. The molecule has 2 fully saturated rings. The fourth-order valence-corrected chi connectivity index (χ4v) is 8.58. The Kier molecular flexibility index (Phi) is 9.40. The summed E-state index contributed by atoms with van der Waals surface area (Å²) in [6.07, 6.45) is 5.79. The first-order valence-corrected chi connectivity index (χ1v) is 17.2. The van der Waals surface area contributed by atoms with Crippen LogP contribution in [-0.4, -0.2) is 35.6 Å². The van der Waals surface area contributed by atoms with Crippen molar-refractivity contribution in [1.29, 1.82) is 0 Å². The molecule has 42 heavy (non-hydrogen) atoms. The highest BCUT2D eigenvalue weighted by molar-refractivity contribution is 14.1. The minimum Gasteiger partial charge on any atom is -0.487 e. The summed E-state index contributed by atoms with van der Waals surface area (Å²) in [6.45, 7) is 5.29. The molecule has 5 nitrogen and oxygen atoms in total. The maximum Gasteiger partial charge on any atom is 0.266 e. The highest BCUT2D eigenvalue weighted by Gasteiger charge is 2.32. The van der Waals surface area contributed by atoms with Crippen LogP contribution in [0.5, 0.6) is 5.75 Å². The topological polar surface area (TPSA) is 45.1 Å². The number of halogens is 2. The van der Waals surface area contributed by atoms with E-state index in [1.54, 1.807) is 4.90 Å². The van der Waals surface area contributed by atoms with E-state index in [1.807, 2.05) is 13.0 Å². The van der Waals surface area contributed by atoms with E-state index in [1.165, 1.54) is 47.5 Å². The number of aliphatic imine (C=N–C) groups is 1. The maximum absolute atomic E-state index is 13.3. The summed E-state index contributed by atoms with van der Waals surface area (Å²) in [7, 11) is 0. The van der Waals surface area contributed by atoms with Crippen LogP contribution in [0.4, 0.5) is 11.4 Å². The van der Waals surface area contributed by atoms with Gasteiger partial charge in [-0.05, 0) is 148 Å². The van der Waals surface area contributed by atoms with Gasteiger partial charge in [-0.3, -0.25) is 9.69 Å². The number of carbonyl (C=O) groups excluding carboxylic acids is 1. The van der Waals surface area contributed by atoms with Crippen LogP contribution in [0.3, 0.4) is 0 Å². The zero-order valence-electron chi connectivity index (χ0n) is 23.4. The molecule has 0 spiro atoms. The van der Waals surface area contributed by atoms with E-state index < -0.39 is 0 Å². The molecule has 2 aliphatic heterocycles. The summed E-state index contributed by atoms with van der Waals surface area (Å²) in [5, 5.41) is 3.14. The predicted octanol–water partition coefficient (Wildman–Crippen LogP) is 9.24. The fraction of sp³-hybridized carbons (Fsp3) is 0.235. The van der Waals surface area contributed by atoms with Crippen molar-refractivity contribution in [2.45, 2.75) is 32.8 Å². The molecule has 0 aromatic heterocycles. The standard InChI is InChI=1S/C34H31I2N3O2S/c1-2-39-33(40)31(42-34(39)37-26-13-15-27(16-14-26)38-17-6-3-7-18-38)21-23-19-29(35)32(30(36)20-23)41-22-25-11-8-10-24-9-4-5-12-28(24)25/h4-5,8-16,19-21H,2-3,6-7,17-18,22H2,1H3/b31-21-,37-34?. The zero-order chi connectivity index (χ0) is 29.1. The van der Waals surface area contributed by atoms with Gasteiger partial charge in [0.15, 0.2) is 5.17 Å². The van der Waals surface area contributed by atoms with Gasteiger partial charge in [0.1, 0.15) is 12.4 Å². The number of hydrogen-bond acceptors (Lipinski definition) is 5. The van der Waals surface area contributed by atoms with Gasteiger partial charge in [-0.2, -0.15) is 0 Å². The maximum atomic E-state index is 13.3. The van der Waals surface area contributed by atoms with Gasteiger partial charge in [0.25, 0.3) is 5.91 Å². The van der Waals surface area contributed by atoms with Crippen molar-refractivity contribution < 1.29 is 9.53 Å². The zero-order valence-corrected chi connectivity index (χ0v) is 28.5. The summed E-state index contributed by atoms with van der Waals surface area (Å²) in [6, 6.07) is 27.2. The number of benzene rings is 4. The molecule has 2 aliphatic rings. The Hall–Kier alpha value is -2.57. The molecule has 0 bridgehead atoms. The van der Waals surface area contributed by atoms with Crippen LogP contribution >= 0.6 is 56.9 Å². The van der Waals surface area contributed by atoms with Gasteiger partial charge in [-0.15, -0.1) is 0 Å². The van der Waals surface area contributed by atoms with Gasteiger partial charge >= 0.3 is 0 Å². The van der Waals surface area contributed by atoms with Crippen molar-refractivity contribution in [2.75, 3.05) is 24.5 Å². The number of ether oxygens (including phenoxy) is 1. The summed E-state index contributed by atoms with van der Waals surface area (Å²) in [4.78, 5) is 23.1. The minimum atomic E-state index is -0.00696. The average molecular weight is 800 g/mol. The van der Waals surface area contributed by atoms with Gasteiger partial charge in [0.05, 0.1) is 17.7 Å². The van der Waals surface area contributed by atoms with Crippen LogP contribution in [0.25, 0.3) is 16.8 Å². The molecule has 2 saturated heterocycles. The molecule has 0 unspecified atom stereocenters. The number of anilines is 1. The van der Waals surface area contributed by atoms with Gasteiger partial charge in [-0.1, -0.05) is 42.5 Å². The normalized spacial score (nSPS) is 17.5. The summed E-state index contributed by atoms with van der Waals surface area (Å²) < 4.78 is 8.36.